The monoisotopic (exact) mass is 495 g/mol. The van der Waals surface area contributed by atoms with Gasteiger partial charge in [-0.1, -0.05) is 18.3 Å². The fourth-order valence-corrected chi connectivity index (χ4v) is 4.55. The molecule has 1 fully saturated rings. The van der Waals surface area contributed by atoms with Crippen LogP contribution >= 0.6 is 11.3 Å². The van der Waals surface area contributed by atoms with Crippen molar-refractivity contribution in [3.05, 3.63) is 41.9 Å². The van der Waals surface area contributed by atoms with E-state index in [-0.39, 0.29) is 14.0 Å². The molecule has 180 valence electrons. The largest absolute Gasteiger partial charge is 0.477 e. The second kappa shape index (κ2) is 11.6. The van der Waals surface area contributed by atoms with E-state index in [2.05, 4.69) is 35.2 Å². The molecular weight excluding hydrogens is 466 g/mol. The SMILES string of the molecule is CCCNC(=O)c1nnc(-c2cncc(OCC)n2)s1.O=S(=O)(Nc1ccncc1)C1CC1.[HH].[HH]. The summed E-state index contributed by atoms with van der Waals surface area (Å²) < 4.78 is 30.7. The summed E-state index contributed by atoms with van der Waals surface area (Å²) >= 11 is 1.18. The number of hydrogen-bond donors (Lipinski definition) is 2. The van der Waals surface area contributed by atoms with Gasteiger partial charge in [-0.3, -0.25) is 19.5 Å². The lowest BCUT2D eigenvalue weighted by molar-refractivity contribution is 0.0952. The molecule has 4 rings (SSSR count). The van der Waals surface area contributed by atoms with Gasteiger partial charge in [-0.05, 0) is 38.3 Å². The third kappa shape index (κ3) is 7.43. The molecule has 0 aliphatic heterocycles. The van der Waals surface area contributed by atoms with Crippen molar-refractivity contribution < 1.29 is 20.8 Å². The number of nitrogens with one attached hydrogen (secondary N) is 2. The van der Waals surface area contributed by atoms with E-state index in [0.717, 1.165) is 19.3 Å². The standard InChI is InChI=1S/C12H15N5O2S.C8H10N2O2S.2H2/c1-3-5-14-10(18)12-17-16-11(20-12)8-6-13-7-9(15-8)19-4-2;11-13(12,8-1-2-8)10-7-3-5-9-6-4-7;;/h6-7H,3-5H2,1-2H3,(H,14,18);3-6,8H,1-2H2,(H,9,10);2*1H. The number of rotatable bonds is 9. The number of ether oxygens (including phenoxy) is 1. The minimum absolute atomic E-state index is 0. The topological polar surface area (TPSA) is 149 Å². The van der Waals surface area contributed by atoms with Gasteiger partial charge in [-0.25, -0.2) is 13.4 Å². The van der Waals surface area contributed by atoms with Gasteiger partial charge in [-0.15, -0.1) is 10.2 Å². The number of anilines is 1. The Balaban J connectivity index is 0.000000356. The minimum atomic E-state index is -3.12. The number of carbonyl (C=O) groups excluding carboxylic acids is 1. The highest BCUT2D eigenvalue weighted by atomic mass is 32.2. The van der Waals surface area contributed by atoms with Gasteiger partial charge < -0.3 is 10.1 Å². The summed E-state index contributed by atoms with van der Waals surface area (Å²) in [5.41, 5.74) is 1.13. The molecule has 3 heterocycles. The van der Waals surface area contributed by atoms with E-state index in [1.54, 1.807) is 30.7 Å². The molecule has 1 aliphatic carbocycles. The van der Waals surface area contributed by atoms with Crippen LogP contribution in [0.1, 0.15) is 45.8 Å². The lowest BCUT2D eigenvalue weighted by Gasteiger charge is -2.05. The van der Waals surface area contributed by atoms with Crippen LogP contribution in [0.15, 0.2) is 36.9 Å². The van der Waals surface area contributed by atoms with Gasteiger partial charge in [0, 0.05) is 21.8 Å². The summed E-state index contributed by atoms with van der Waals surface area (Å²) in [5.74, 6) is 0.210. The van der Waals surface area contributed by atoms with Crippen LogP contribution in [0, 0.1) is 0 Å². The molecule has 0 unspecified atom stereocenters. The van der Waals surface area contributed by atoms with Crippen molar-refractivity contribution in [3.63, 3.8) is 0 Å². The van der Waals surface area contributed by atoms with Crippen molar-refractivity contribution in [3.8, 4) is 16.6 Å². The minimum Gasteiger partial charge on any atom is -0.477 e. The van der Waals surface area contributed by atoms with E-state index in [1.165, 1.54) is 17.5 Å². The van der Waals surface area contributed by atoms with Crippen LogP contribution in [-0.2, 0) is 10.0 Å². The summed E-state index contributed by atoms with van der Waals surface area (Å²) in [6.07, 6.45) is 8.65. The van der Waals surface area contributed by atoms with Gasteiger partial charge in [0.05, 0.1) is 29.9 Å². The highest BCUT2D eigenvalue weighted by Gasteiger charge is 2.35. The van der Waals surface area contributed by atoms with Crippen LogP contribution < -0.4 is 14.8 Å². The van der Waals surface area contributed by atoms with Crippen molar-refractivity contribution >= 4 is 33.0 Å². The molecular formula is C20H29N7O4S2. The number of carbonyl (C=O) groups is 1. The number of hydrogen-bond acceptors (Lipinski definition) is 10. The average Bonchev–Trinajstić information content (AvgIpc) is 3.57. The van der Waals surface area contributed by atoms with Crippen molar-refractivity contribution in [2.75, 3.05) is 17.9 Å². The zero-order valence-corrected chi connectivity index (χ0v) is 19.9. The molecule has 0 radical (unpaired) electrons. The van der Waals surface area contributed by atoms with Gasteiger partial charge in [0.2, 0.25) is 20.9 Å². The van der Waals surface area contributed by atoms with Crippen LogP contribution in [0.2, 0.25) is 0 Å². The highest BCUT2D eigenvalue weighted by Crippen LogP contribution is 2.29. The van der Waals surface area contributed by atoms with Crippen molar-refractivity contribution in [2.24, 2.45) is 0 Å². The first-order valence-corrected chi connectivity index (χ1v) is 12.8. The summed E-state index contributed by atoms with van der Waals surface area (Å²) in [4.78, 5) is 23.8. The fourth-order valence-electron chi connectivity index (χ4n) is 2.45. The van der Waals surface area contributed by atoms with E-state index in [1.807, 2.05) is 13.8 Å². The quantitative estimate of drug-likeness (QED) is 0.457. The number of pyridine rings is 1. The summed E-state index contributed by atoms with van der Waals surface area (Å²) in [5, 5.41) is 11.3. The molecule has 2 N–H and O–H groups in total. The number of sulfonamides is 1. The van der Waals surface area contributed by atoms with Crippen LogP contribution in [-0.4, -0.2) is 57.9 Å². The summed E-state index contributed by atoms with van der Waals surface area (Å²) in [6.45, 7) is 4.99. The maximum Gasteiger partial charge on any atom is 0.282 e. The second-order valence-corrected chi connectivity index (χ2v) is 9.86. The first-order chi connectivity index (χ1) is 15.9. The van der Waals surface area contributed by atoms with Crippen LogP contribution in [0.5, 0.6) is 5.88 Å². The molecule has 0 spiro atoms. The Morgan fingerprint density at radius 3 is 2.61 bits per heavy atom. The second-order valence-electron chi connectivity index (χ2n) is 6.93. The van der Waals surface area contributed by atoms with Crippen LogP contribution in [0.4, 0.5) is 5.69 Å². The zero-order valence-electron chi connectivity index (χ0n) is 18.3. The Kier molecular flexibility index (Phi) is 8.60. The van der Waals surface area contributed by atoms with Gasteiger partial charge >= 0.3 is 0 Å². The lowest BCUT2D eigenvalue weighted by Crippen LogP contribution is -2.23. The fraction of sp³-hybridized carbons (Fsp3) is 0.400. The summed E-state index contributed by atoms with van der Waals surface area (Å²) in [7, 11) is -3.12. The molecule has 1 amide bonds. The van der Waals surface area contributed by atoms with E-state index in [9.17, 15) is 13.2 Å². The molecule has 1 saturated carbocycles. The van der Waals surface area contributed by atoms with E-state index in [0.29, 0.717) is 40.4 Å². The number of nitrogens with zero attached hydrogens (tertiary/aromatic N) is 5. The molecule has 0 bridgehead atoms. The van der Waals surface area contributed by atoms with Gasteiger partial charge in [0.25, 0.3) is 5.91 Å². The smallest absolute Gasteiger partial charge is 0.282 e. The Morgan fingerprint density at radius 2 is 1.94 bits per heavy atom. The molecule has 11 nitrogen and oxygen atoms in total. The maximum absolute atomic E-state index is 11.8. The van der Waals surface area contributed by atoms with Crippen molar-refractivity contribution in [2.45, 2.75) is 38.4 Å². The van der Waals surface area contributed by atoms with E-state index < -0.39 is 10.0 Å². The van der Waals surface area contributed by atoms with Crippen molar-refractivity contribution in [1.29, 1.82) is 0 Å². The molecule has 3 aromatic rings. The predicted molar refractivity (Wildman–Crippen MR) is 129 cm³/mol. The summed E-state index contributed by atoms with van der Waals surface area (Å²) in [6, 6.07) is 3.28. The predicted octanol–water partition coefficient (Wildman–Crippen LogP) is 3.01. The molecule has 0 aromatic carbocycles. The van der Waals surface area contributed by atoms with Crippen LogP contribution in [0.25, 0.3) is 10.7 Å². The maximum atomic E-state index is 11.8. The van der Waals surface area contributed by atoms with Crippen molar-refractivity contribution in [1.82, 2.24) is 30.5 Å². The third-order valence-electron chi connectivity index (χ3n) is 4.18. The lowest BCUT2D eigenvalue weighted by atomic mass is 10.4. The normalized spacial score (nSPS) is 12.9. The number of aromatic nitrogens is 5. The van der Waals surface area contributed by atoms with Crippen LogP contribution in [0.3, 0.4) is 0 Å². The Bertz CT molecular complexity index is 1160. The average molecular weight is 496 g/mol. The zero-order chi connectivity index (χ0) is 23.7. The first-order valence-electron chi connectivity index (χ1n) is 10.4. The first kappa shape index (κ1) is 24.5. The van der Waals surface area contributed by atoms with Gasteiger partial charge in [-0.2, -0.15) is 0 Å². The molecule has 0 saturated heterocycles. The molecule has 3 aromatic heterocycles. The van der Waals surface area contributed by atoms with Gasteiger partial charge in [0.15, 0.2) is 5.01 Å². The molecule has 1 aliphatic rings. The van der Waals surface area contributed by atoms with Gasteiger partial charge in [0.1, 0.15) is 5.69 Å². The Hall–Kier alpha value is -3.19. The van der Waals surface area contributed by atoms with E-state index in [4.69, 9.17) is 4.74 Å². The highest BCUT2D eigenvalue weighted by molar-refractivity contribution is 7.93. The molecule has 33 heavy (non-hydrogen) atoms. The number of amides is 1. The molecule has 0 atom stereocenters. The molecule has 13 heteroatoms. The Morgan fingerprint density at radius 1 is 1.18 bits per heavy atom. The van der Waals surface area contributed by atoms with E-state index >= 15 is 0 Å². The Labute approximate surface area is 199 Å². The third-order valence-corrected chi connectivity index (χ3v) is 7.00.